The smallest absolute Gasteiger partial charge is 0.357 e. The van der Waals surface area contributed by atoms with Crippen LogP contribution in [-0.2, 0) is 9.47 Å². The molecule has 2 aromatic carbocycles. The number of para-hydroxylation sites is 1. The maximum Gasteiger partial charge on any atom is 0.357 e. The lowest BCUT2D eigenvalue weighted by Gasteiger charge is -2.08. The fourth-order valence-corrected chi connectivity index (χ4v) is 2.96. The molecule has 1 aromatic heterocycles. The quantitative estimate of drug-likeness (QED) is 0.545. The summed E-state index contributed by atoms with van der Waals surface area (Å²) in [5.74, 6) is -1.86. The molecule has 0 spiro atoms. The van der Waals surface area contributed by atoms with E-state index in [1.807, 2.05) is 6.92 Å². The lowest BCUT2D eigenvalue weighted by molar-refractivity contribution is 0.0549. The van der Waals surface area contributed by atoms with Crippen LogP contribution in [0.4, 0.5) is 4.39 Å². The Morgan fingerprint density at radius 3 is 2.37 bits per heavy atom. The Morgan fingerprint density at radius 1 is 1.03 bits per heavy atom. The third-order valence-electron chi connectivity index (χ3n) is 4.27. The summed E-state index contributed by atoms with van der Waals surface area (Å²) >= 11 is 0. The van der Waals surface area contributed by atoms with E-state index < -0.39 is 17.8 Å². The topological polar surface area (TPSA) is 79.7 Å². The van der Waals surface area contributed by atoms with E-state index in [0.29, 0.717) is 12.3 Å². The largest absolute Gasteiger partial charge is 0.493 e. The van der Waals surface area contributed by atoms with Crippen LogP contribution >= 0.6 is 0 Å². The van der Waals surface area contributed by atoms with Crippen LogP contribution in [0.1, 0.15) is 34.2 Å². The molecule has 8 heteroatoms. The Kier molecular flexibility index (Phi) is 6.46. The van der Waals surface area contributed by atoms with Crippen molar-refractivity contribution in [1.82, 2.24) is 9.78 Å². The number of aromatic nitrogens is 2. The Labute approximate surface area is 173 Å². The van der Waals surface area contributed by atoms with Gasteiger partial charge in [0.25, 0.3) is 0 Å². The lowest BCUT2D eigenvalue weighted by atomic mass is 10.0. The first-order chi connectivity index (χ1) is 14.5. The van der Waals surface area contributed by atoms with Gasteiger partial charge in [-0.05, 0) is 30.7 Å². The SMILES string of the molecule is CCCOc1cc(F)cc(-c2nn(-c3ccccc3)c(C(=O)OC)c2C(=O)OC)c1. The number of esters is 2. The fraction of sp³-hybridized carbons (Fsp3) is 0.227. The van der Waals surface area contributed by atoms with Gasteiger partial charge in [-0.3, -0.25) is 0 Å². The molecule has 0 aliphatic rings. The molecule has 0 saturated heterocycles. The maximum absolute atomic E-state index is 14.3. The zero-order valence-corrected chi connectivity index (χ0v) is 16.8. The Morgan fingerprint density at radius 2 is 1.73 bits per heavy atom. The van der Waals surface area contributed by atoms with Crippen LogP contribution in [0, 0.1) is 5.82 Å². The van der Waals surface area contributed by atoms with Gasteiger partial charge >= 0.3 is 11.9 Å². The van der Waals surface area contributed by atoms with Gasteiger partial charge in [-0.15, -0.1) is 0 Å². The first-order valence-corrected chi connectivity index (χ1v) is 9.29. The van der Waals surface area contributed by atoms with Gasteiger partial charge < -0.3 is 14.2 Å². The molecule has 0 saturated carbocycles. The van der Waals surface area contributed by atoms with E-state index in [-0.39, 0.29) is 28.3 Å². The minimum absolute atomic E-state index is 0.0759. The van der Waals surface area contributed by atoms with Crippen molar-refractivity contribution in [1.29, 1.82) is 0 Å². The molecule has 0 bridgehead atoms. The van der Waals surface area contributed by atoms with Crippen LogP contribution in [-0.4, -0.2) is 42.5 Å². The highest BCUT2D eigenvalue weighted by atomic mass is 19.1. The minimum Gasteiger partial charge on any atom is -0.493 e. The van der Waals surface area contributed by atoms with Crippen LogP contribution in [0.25, 0.3) is 16.9 Å². The molecule has 7 nitrogen and oxygen atoms in total. The number of carbonyl (C=O) groups is 2. The number of benzene rings is 2. The first-order valence-electron chi connectivity index (χ1n) is 9.29. The van der Waals surface area contributed by atoms with Gasteiger partial charge in [0, 0.05) is 11.6 Å². The summed E-state index contributed by atoms with van der Waals surface area (Å²) in [6.07, 6.45) is 0.744. The Balaban J connectivity index is 2.29. The zero-order chi connectivity index (χ0) is 21.7. The second-order valence-electron chi connectivity index (χ2n) is 6.33. The lowest BCUT2D eigenvalue weighted by Crippen LogP contribution is -2.15. The maximum atomic E-state index is 14.3. The third-order valence-corrected chi connectivity index (χ3v) is 4.27. The summed E-state index contributed by atoms with van der Waals surface area (Å²) in [6.45, 7) is 2.33. The molecule has 0 aliphatic heterocycles. The number of ether oxygens (including phenoxy) is 3. The predicted molar refractivity (Wildman–Crippen MR) is 107 cm³/mol. The number of hydrogen-bond donors (Lipinski definition) is 0. The van der Waals surface area contributed by atoms with Gasteiger partial charge in [-0.2, -0.15) is 5.10 Å². The molecular formula is C22H21FN2O5. The molecule has 30 heavy (non-hydrogen) atoms. The average Bonchev–Trinajstić information content (AvgIpc) is 3.17. The number of carbonyl (C=O) groups excluding carboxylic acids is 2. The molecule has 156 valence electrons. The molecular weight excluding hydrogens is 391 g/mol. The van der Waals surface area contributed by atoms with Gasteiger partial charge in [0.2, 0.25) is 0 Å². The van der Waals surface area contributed by atoms with Crippen molar-refractivity contribution in [2.45, 2.75) is 13.3 Å². The standard InChI is InChI=1S/C22H21FN2O5/c1-4-10-30-17-12-14(11-15(23)13-17)19-18(21(26)28-2)20(22(27)29-3)25(24-19)16-8-6-5-7-9-16/h5-9,11-13H,4,10H2,1-3H3. The fourth-order valence-electron chi connectivity index (χ4n) is 2.96. The van der Waals surface area contributed by atoms with Crippen molar-refractivity contribution in [2.24, 2.45) is 0 Å². The highest BCUT2D eigenvalue weighted by molar-refractivity contribution is 6.06. The molecule has 3 rings (SSSR count). The molecule has 0 aliphatic carbocycles. The van der Waals surface area contributed by atoms with Crippen molar-refractivity contribution in [3.05, 3.63) is 65.6 Å². The second kappa shape index (κ2) is 9.21. The molecule has 0 atom stereocenters. The van der Waals surface area contributed by atoms with E-state index in [1.165, 1.54) is 31.0 Å². The summed E-state index contributed by atoms with van der Waals surface area (Å²) in [6, 6.07) is 12.8. The highest BCUT2D eigenvalue weighted by Gasteiger charge is 2.31. The van der Waals surface area contributed by atoms with Crippen LogP contribution in [0.3, 0.4) is 0 Å². The molecule has 0 amide bonds. The van der Waals surface area contributed by atoms with E-state index >= 15 is 0 Å². The van der Waals surface area contributed by atoms with E-state index in [2.05, 4.69) is 5.10 Å². The van der Waals surface area contributed by atoms with Crippen LogP contribution < -0.4 is 4.74 Å². The summed E-state index contributed by atoms with van der Waals surface area (Å²) in [4.78, 5) is 25.2. The second-order valence-corrected chi connectivity index (χ2v) is 6.33. The average molecular weight is 412 g/mol. The van der Waals surface area contributed by atoms with Crippen molar-refractivity contribution in [3.8, 4) is 22.7 Å². The van der Waals surface area contributed by atoms with Crippen molar-refractivity contribution in [3.63, 3.8) is 0 Å². The molecule has 0 unspecified atom stereocenters. The summed E-state index contributed by atoms with van der Waals surface area (Å²) in [5.41, 5.74) is 0.618. The zero-order valence-electron chi connectivity index (χ0n) is 16.8. The Hall–Kier alpha value is -3.68. The molecule has 3 aromatic rings. The number of halogens is 1. The Bertz CT molecular complexity index is 1060. The summed E-state index contributed by atoms with van der Waals surface area (Å²) < 4.78 is 30.9. The van der Waals surface area contributed by atoms with E-state index in [1.54, 1.807) is 36.4 Å². The van der Waals surface area contributed by atoms with Gasteiger partial charge in [0.15, 0.2) is 5.69 Å². The summed E-state index contributed by atoms with van der Waals surface area (Å²) in [5, 5.41) is 4.44. The predicted octanol–water partition coefficient (Wildman–Crippen LogP) is 4.04. The highest BCUT2D eigenvalue weighted by Crippen LogP contribution is 2.32. The van der Waals surface area contributed by atoms with E-state index in [0.717, 1.165) is 6.42 Å². The van der Waals surface area contributed by atoms with Gasteiger partial charge in [-0.25, -0.2) is 18.7 Å². The normalized spacial score (nSPS) is 10.5. The summed E-state index contributed by atoms with van der Waals surface area (Å²) in [7, 11) is 2.39. The number of methoxy groups -OCH3 is 2. The van der Waals surface area contributed by atoms with Crippen LogP contribution in [0.5, 0.6) is 5.75 Å². The van der Waals surface area contributed by atoms with E-state index in [4.69, 9.17) is 14.2 Å². The van der Waals surface area contributed by atoms with Crippen molar-refractivity contribution < 1.29 is 28.2 Å². The number of rotatable bonds is 7. The number of hydrogen-bond acceptors (Lipinski definition) is 6. The van der Waals surface area contributed by atoms with E-state index in [9.17, 15) is 14.0 Å². The van der Waals surface area contributed by atoms with Crippen LogP contribution in [0.2, 0.25) is 0 Å². The first kappa shape index (κ1) is 21.0. The molecule has 1 heterocycles. The monoisotopic (exact) mass is 412 g/mol. The van der Waals surface area contributed by atoms with Crippen molar-refractivity contribution >= 4 is 11.9 Å². The third kappa shape index (κ3) is 4.17. The number of nitrogens with zero attached hydrogens (tertiary/aromatic N) is 2. The van der Waals surface area contributed by atoms with Crippen molar-refractivity contribution in [2.75, 3.05) is 20.8 Å². The van der Waals surface area contributed by atoms with Gasteiger partial charge in [-0.1, -0.05) is 25.1 Å². The molecule has 0 radical (unpaired) electrons. The van der Waals surface area contributed by atoms with Gasteiger partial charge in [0.05, 0.1) is 26.5 Å². The van der Waals surface area contributed by atoms with Gasteiger partial charge in [0.1, 0.15) is 22.8 Å². The van der Waals surface area contributed by atoms with Crippen LogP contribution in [0.15, 0.2) is 48.5 Å². The minimum atomic E-state index is -0.798. The molecule has 0 fully saturated rings. The molecule has 0 N–H and O–H groups in total.